The molecule has 2 atom stereocenters. The number of hydrogen-bond donors (Lipinski definition) is 0. The molecule has 0 radical (unpaired) electrons. The van der Waals surface area contributed by atoms with E-state index in [-0.39, 0.29) is 11.5 Å². The van der Waals surface area contributed by atoms with E-state index in [1.165, 1.54) is 0 Å². The lowest BCUT2D eigenvalue weighted by molar-refractivity contribution is 0.00314. The summed E-state index contributed by atoms with van der Waals surface area (Å²) in [5.74, 6) is 1.94. The van der Waals surface area contributed by atoms with E-state index in [9.17, 15) is 0 Å². The quantitative estimate of drug-likeness (QED) is 0.705. The minimum absolute atomic E-state index is 0.0616. The summed E-state index contributed by atoms with van der Waals surface area (Å²) >= 11 is 6.08. The standard InChI is InChI=1S/C11H15ClO2/c1-2-9-3-4-10(14-9)11-7-8(12)5-6-13-11/h3-4,8,11H,2,5-7H2,1H3. The van der Waals surface area contributed by atoms with Crippen LogP contribution in [0.2, 0.25) is 0 Å². The molecule has 1 fully saturated rings. The van der Waals surface area contributed by atoms with Gasteiger partial charge in [-0.15, -0.1) is 11.6 Å². The average molecular weight is 215 g/mol. The van der Waals surface area contributed by atoms with Crippen molar-refractivity contribution >= 4 is 11.6 Å². The van der Waals surface area contributed by atoms with Crippen molar-refractivity contribution in [2.24, 2.45) is 0 Å². The minimum atomic E-state index is 0.0616. The van der Waals surface area contributed by atoms with E-state index in [0.717, 1.165) is 37.4 Å². The summed E-state index contributed by atoms with van der Waals surface area (Å²) in [4.78, 5) is 0. The van der Waals surface area contributed by atoms with Crippen molar-refractivity contribution in [3.05, 3.63) is 23.7 Å². The lowest BCUT2D eigenvalue weighted by atomic mass is 10.1. The SMILES string of the molecule is CCc1ccc(C2CC(Cl)CCO2)o1. The van der Waals surface area contributed by atoms with Gasteiger partial charge in [0.1, 0.15) is 17.6 Å². The van der Waals surface area contributed by atoms with Crippen molar-refractivity contribution in [1.82, 2.24) is 0 Å². The fourth-order valence-corrected chi connectivity index (χ4v) is 1.96. The highest BCUT2D eigenvalue weighted by Gasteiger charge is 2.24. The number of halogens is 1. The van der Waals surface area contributed by atoms with E-state index < -0.39 is 0 Å². The zero-order valence-electron chi connectivity index (χ0n) is 8.33. The largest absolute Gasteiger partial charge is 0.463 e. The molecule has 0 aromatic carbocycles. The summed E-state index contributed by atoms with van der Waals surface area (Å²) in [7, 11) is 0. The predicted octanol–water partition coefficient (Wildman–Crippen LogP) is 3.30. The molecule has 3 heteroatoms. The van der Waals surface area contributed by atoms with E-state index >= 15 is 0 Å². The summed E-state index contributed by atoms with van der Waals surface area (Å²) in [6.45, 7) is 2.82. The van der Waals surface area contributed by atoms with Crippen molar-refractivity contribution in [3.63, 3.8) is 0 Å². The Labute approximate surface area is 89.2 Å². The molecular weight excluding hydrogens is 200 g/mol. The number of alkyl halides is 1. The highest BCUT2D eigenvalue weighted by molar-refractivity contribution is 6.20. The molecule has 2 unspecified atom stereocenters. The summed E-state index contributed by atoms with van der Waals surface area (Å²) < 4.78 is 11.3. The fraction of sp³-hybridized carbons (Fsp3) is 0.636. The maximum absolute atomic E-state index is 6.08. The van der Waals surface area contributed by atoms with Crippen LogP contribution < -0.4 is 0 Å². The van der Waals surface area contributed by atoms with Crippen LogP contribution >= 0.6 is 11.6 Å². The lowest BCUT2D eigenvalue weighted by Gasteiger charge is -2.24. The number of aryl methyl sites for hydroxylation is 1. The van der Waals surface area contributed by atoms with Gasteiger partial charge in [-0.05, 0) is 25.0 Å². The molecule has 2 rings (SSSR count). The van der Waals surface area contributed by atoms with E-state index in [4.69, 9.17) is 20.8 Å². The van der Waals surface area contributed by atoms with Gasteiger partial charge in [-0.3, -0.25) is 0 Å². The monoisotopic (exact) mass is 214 g/mol. The highest BCUT2D eigenvalue weighted by Crippen LogP contribution is 2.31. The minimum Gasteiger partial charge on any atom is -0.463 e. The molecule has 2 heterocycles. The summed E-state index contributed by atoms with van der Waals surface area (Å²) in [6, 6.07) is 4.01. The van der Waals surface area contributed by atoms with Crippen LogP contribution in [0.25, 0.3) is 0 Å². The summed E-state index contributed by atoms with van der Waals surface area (Å²) in [6.07, 6.45) is 2.79. The number of rotatable bonds is 2. The Balaban J connectivity index is 2.06. The van der Waals surface area contributed by atoms with E-state index in [1.807, 2.05) is 12.1 Å². The Morgan fingerprint density at radius 2 is 2.36 bits per heavy atom. The number of ether oxygens (including phenoxy) is 1. The molecule has 1 aliphatic rings. The lowest BCUT2D eigenvalue weighted by Crippen LogP contribution is -2.19. The van der Waals surface area contributed by atoms with Gasteiger partial charge < -0.3 is 9.15 Å². The molecule has 1 aromatic heterocycles. The normalized spacial score (nSPS) is 27.9. The van der Waals surface area contributed by atoms with Gasteiger partial charge in [0.2, 0.25) is 0 Å². The van der Waals surface area contributed by atoms with Crippen LogP contribution in [-0.2, 0) is 11.2 Å². The van der Waals surface area contributed by atoms with E-state index in [0.29, 0.717) is 0 Å². The van der Waals surface area contributed by atoms with Crippen molar-refractivity contribution < 1.29 is 9.15 Å². The molecule has 0 N–H and O–H groups in total. The van der Waals surface area contributed by atoms with Gasteiger partial charge in [0.15, 0.2) is 0 Å². The van der Waals surface area contributed by atoms with Gasteiger partial charge in [-0.1, -0.05) is 6.92 Å². The van der Waals surface area contributed by atoms with Crippen molar-refractivity contribution in [2.75, 3.05) is 6.61 Å². The molecule has 0 saturated carbocycles. The Morgan fingerprint density at radius 1 is 1.50 bits per heavy atom. The van der Waals surface area contributed by atoms with Gasteiger partial charge >= 0.3 is 0 Å². The maximum atomic E-state index is 6.08. The van der Waals surface area contributed by atoms with Crippen LogP contribution in [0.15, 0.2) is 16.5 Å². The first-order valence-electron chi connectivity index (χ1n) is 5.14. The first-order valence-corrected chi connectivity index (χ1v) is 5.57. The van der Waals surface area contributed by atoms with E-state index in [1.54, 1.807) is 0 Å². The number of hydrogen-bond acceptors (Lipinski definition) is 2. The molecule has 0 bridgehead atoms. The zero-order valence-corrected chi connectivity index (χ0v) is 9.09. The molecular formula is C11H15ClO2. The second-order valence-corrected chi connectivity index (χ2v) is 4.26. The molecule has 0 spiro atoms. The second-order valence-electron chi connectivity index (χ2n) is 3.64. The molecule has 14 heavy (non-hydrogen) atoms. The maximum Gasteiger partial charge on any atom is 0.133 e. The molecule has 2 nitrogen and oxygen atoms in total. The third-order valence-electron chi connectivity index (χ3n) is 2.57. The van der Waals surface area contributed by atoms with Crippen LogP contribution in [0.1, 0.15) is 37.4 Å². The van der Waals surface area contributed by atoms with E-state index in [2.05, 4.69) is 6.92 Å². The Morgan fingerprint density at radius 3 is 3.00 bits per heavy atom. The Kier molecular flexibility index (Phi) is 3.14. The van der Waals surface area contributed by atoms with Crippen molar-refractivity contribution in [1.29, 1.82) is 0 Å². The molecule has 0 amide bonds. The topological polar surface area (TPSA) is 22.4 Å². The Hall–Kier alpha value is -0.470. The predicted molar refractivity (Wildman–Crippen MR) is 55.7 cm³/mol. The first-order chi connectivity index (χ1) is 6.79. The molecule has 0 aliphatic carbocycles. The fourth-order valence-electron chi connectivity index (χ4n) is 1.71. The second kappa shape index (κ2) is 4.37. The van der Waals surface area contributed by atoms with Gasteiger partial charge in [0.25, 0.3) is 0 Å². The highest BCUT2D eigenvalue weighted by atomic mass is 35.5. The van der Waals surface area contributed by atoms with Gasteiger partial charge in [-0.25, -0.2) is 0 Å². The van der Waals surface area contributed by atoms with Gasteiger partial charge in [0, 0.05) is 18.4 Å². The van der Waals surface area contributed by atoms with Crippen LogP contribution in [0, 0.1) is 0 Å². The third kappa shape index (κ3) is 2.12. The number of furan rings is 1. The van der Waals surface area contributed by atoms with Gasteiger partial charge in [-0.2, -0.15) is 0 Å². The van der Waals surface area contributed by atoms with Crippen LogP contribution in [0.3, 0.4) is 0 Å². The molecule has 1 saturated heterocycles. The Bertz CT molecular complexity index is 295. The summed E-state index contributed by atoms with van der Waals surface area (Å²) in [5.41, 5.74) is 0. The van der Waals surface area contributed by atoms with Crippen LogP contribution in [0.4, 0.5) is 0 Å². The van der Waals surface area contributed by atoms with Gasteiger partial charge in [0.05, 0.1) is 0 Å². The smallest absolute Gasteiger partial charge is 0.133 e. The molecule has 1 aromatic rings. The van der Waals surface area contributed by atoms with Crippen molar-refractivity contribution in [3.8, 4) is 0 Å². The first kappa shape index (κ1) is 10.1. The molecule has 1 aliphatic heterocycles. The average Bonchev–Trinajstić information content (AvgIpc) is 2.66. The third-order valence-corrected chi connectivity index (χ3v) is 2.96. The molecule has 78 valence electrons. The summed E-state index contributed by atoms with van der Waals surface area (Å²) in [5, 5.41) is 0.226. The van der Waals surface area contributed by atoms with Crippen LogP contribution in [-0.4, -0.2) is 12.0 Å². The van der Waals surface area contributed by atoms with Crippen molar-refractivity contribution in [2.45, 2.75) is 37.7 Å². The van der Waals surface area contributed by atoms with Crippen LogP contribution in [0.5, 0.6) is 0 Å². The zero-order chi connectivity index (χ0) is 9.97.